The third-order valence-corrected chi connectivity index (χ3v) is 7.09. The van der Waals surface area contributed by atoms with Crippen LogP contribution in [0, 0.1) is 8.80 Å². The van der Waals surface area contributed by atoms with Gasteiger partial charge in [0.1, 0.15) is 0 Å². The number of rotatable bonds is 4. The van der Waals surface area contributed by atoms with E-state index in [1.165, 1.54) is 61.0 Å². The number of hydrogen-bond acceptors (Lipinski definition) is 3. The molecule has 2 nitrogen and oxygen atoms in total. The van der Waals surface area contributed by atoms with Crippen molar-refractivity contribution >= 4 is 33.9 Å². The highest BCUT2D eigenvalue weighted by atomic mass is 127. The van der Waals surface area contributed by atoms with Crippen LogP contribution < -0.4 is 5.32 Å². The number of fused-ring (bicyclic) bond motifs is 1. The van der Waals surface area contributed by atoms with E-state index in [2.05, 4.69) is 38.9 Å². The van der Waals surface area contributed by atoms with Gasteiger partial charge in [0.25, 0.3) is 0 Å². The zero-order valence-corrected chi connectivity index (χ0v) is 14.9. The minimum absolute atomic E-state index is 0.633. The molecule has 2 unspecified atom stereocenters. The molecule has 3 aliphatic rings. The summed E-state index contributed by atoms with van der Waals surface area (Å²) >= 11 is 4.48. The molecule has 0 spiro atoms. The minimum Gasteiger partial charge on any atom is -0.310 e. The topological polar surface area (TPSA) is 15.3 Å². The molecule has 1 aromatic rings. The Morgan fingerprint density at radius 2 is 2.20 bits per heavy atom. The lowest BCUT2D eigenvalue weighted by atomic mass is 9.93. The van der Waals surface area contributed by atoms with Gasteiger partial charge in [-0.2, -0.15) is 0 Å². The Morgan fingerprint density at radius 1 is 1.30 bits per heavy atom. The van der Waals surface area contributed by atoms with Crippen LogP contribution in [0.4, 0.5) is 0 Å². The maximum atomic E-state index is 3.89. The zero-order chi connectivity index (χ0) is 13.5. The predicted molar refractivity (Wildman–Crippen MR) is 93.4 cm³/mol. The zero-order valence-electron chi connectivity index (χ0n) is 11.9. The van der Waals surface area contributed by atoms with Gasteiger partial charge in [-0.05, 0) is 91.8 Å². The lowest BCUT2D eigenvalue weighted by molar-refractivity contribution is 0.307. The Balaban J connectivity index is 1.33. The Labute approximate surface area is 139 Å². The molecule has 1 aromatic heterocycles. The average molecular weight is 402 g/mol. The van der Waals surface area contributed by atoms with Crippen molar-refractivity contribution in [3.8, 4) is 0 Å². The molecule has 1 saturated carbocycles. The van der Waals surface area contributed by atoms with Crippen molar-refractivity contribution in [1.29, 1.82) is 0 Å². The van der Waals surface area contributed by atoms with E-state index in [1.807, 2.05) is 11.3 Å². The number of halogens is 1. The molecular formula is C16H23IN2S. The van der Waals surface area contributed by atoms with E-state index < -0.39 is 0 Å². The van der Waals surface area contributed by atoms with E-state index in [9.17, 15) is 0 Å². The molecule has 1 N–H and O–H groups in total. The fourth-order valence-corrected chi connectivity index (χ4v) is 5.96. The highest BCUT2D eigenvalue weighted by Gasteiger charge is 2.34. The summed E-state index contributed by atoms with van der Waals surface area (Å²) in [5.74, 6) is 0.888. The van der Waals surface area contributed by atoms with Gasteiger partial charge in [-0.1, -0.05) is 0 Å². The molecule has 1 saturated heterocycles. The molecule has 2 fully saturated rings. The van der Waals surface area contributed by atoms with Crippen LogP contribution >= 0.6 is 33.9 Å². The second-order valence-corrected chi connectivity index (χ2v) is 9.69. The average Bonchev–Trinajstić information content (AvgIpc) is 3.05. The third kappa shape index (κ3) is 2.94. The first-order valence-corrected chi connectivity index (χ1v) is 9.94. The Kier molecular flexibility index (Phi) is 4.09. The van der Waals surface area contributed by atoms with Crippen molar-refractivity contribution in [2.75, 3.05) is 19.6 Å². The lowest BCUT2D eigenvalue weighted by Gasteiger charge is -2.25. The van der Waals surface area contributed by atoms with E-state index >= 15 is 0 Å². The molecule has 20 heavy (non-hydrogen) atoms. The summed E-state index contributed by atoms with van der Waals surface area (Å²) in [7, 11) is 0. The minimum atomic E-state index is 0.633. The second kappa shape index (κ2) is 5.86. The summed E-state index contributed by atoms with van der Waals surface area (Å²) in [6, 6.07) is 4.01. The molecule has 0 amide bonds. The smallest absolute Gasteiger partial charge is 0.0659 e. The van der Waals surface area contributed by atoms with E-state index in [1.54, 1.807) is 10.4 Å². The summed E-state index contributed by atoms with van der Waals surface area (Å²) in [4.78, 5) is 4.37. The Hall–Kier alpha value is 0.350. The number of likely N-dealkylation sites (tertiary alicyclic amines) is 1. The molecule has 4 rings (SSSR count). The van der Waals surface area contributed by atoms with Crippen LogP contribution in [0.3, 0.4) is 0 Å². The predicted octanol–water partition coefficient (Wildman–Crippen LogP) is 3.80. The van der Waals surface area contributed by atoms with Crippen molar-refractivity contribution in [3.63, 3.8) is 0 Å². The van der Waals surface area contributed by atoms with Crippen LogP contribution in [0.1, 0.15) is 48.6 Å². The maximum Gasteiger partial charge on any atom is 0.0659 e. The molecule has 4 heteroatoms. The molecule has 110 valence electrons. The standard InChI is InChI=1S/C16H23IN2S/c17-16-8-13-14(2-1-3-15(13)20-16)18-9-11-6-7-19(10-11)12-4-5-12/h8,11-12,14,18H,1-7,9-10H2. The van der Waals surface area contributed by atoms with Crippen LogP contribution in [-0.2, 0) is 6.42 Å². The second-order valence-electron chi connectivity index (χ2n) is 6.66. The van der Waals surface area contributed by atoms with Gasteiger partial charge in [0.05, 0.1) is 2.88 Å². The summed E-state index contributed by atoms with van der Waals surface area (Å²) in [5, 5.41) is 3.89. The van der Waals surface area contributed by atoms with Gasteiger partial charge in [0, 0.05) is 23.5 Å². The maximum absolute atomic E-state index is 3.89. The number of thiophene rings is 1. The van der Waals surface area contributed by atoms with E-state index in [4.69, 9.17) is 0 Å². The lowest BCUT2D eigenvalue weighted by Crippen LogP contribution is -2.31. The SMILES string of the molecule is Ic1cc2c(s1)CCCC2NCC1CCN(C2CC2)C1. The van der Waals surface area contributed by atoms with Gasteiger partial charge in [0.15, 0.2) is 0 Å². The fourth-order valence-electron chi connectivity index (χ4n) is 3.84. The fraction of sp³-hybridized carbons (Fsp3) is 0.750. The highest BCUT2D eigenvalue weighted by molar-refractivity contribution is 14.1. The quantitative estimate of drug-likeness (QED) is 0.771. The number of nitrogens with zero attached hydrogens (tertiary/aromatic N) is 1. The third-order valence-electron chi connectivity index (χ3n) is 5.12. The monoisotopic (exact) mass is 402 g/mol. The first-order chi connectivity index (χ1) is 9.79. The van der Waals surface area contributed by atoms with Gasteiger partial charge in [-0.3, -0.25) is 0 Å². The van der Waals surface area contributed by atoms with Crippen LogP contribution in [0.5, 0.6) is 0 Å². The Morgan fingerprint density at radius 3 is 3.05 bits per heavy atom. The number of nitrogens with one attached hydrogen (secondary N) is 1. The van der Waals surface area contributed by atoms with Gasteiger partial charge >= 0.3 is 0 Å². The Bertz CT molecular complexity index is 483. The van der Waals surface area contributed by atoms with E-state index in [-0.39, 0.29) is 0 Å². The summed E-state index contributed by atoms with van der Waals surface area (Å²) < 4.78 is 1.46. The first-order valence-electron chi connectivity index (χ1n) is 8.05. The van der Waals surface area contributed by atoms with Crippen LogP contribution in [-0.4, -0.2) is 30.6 Å². The van der Waals surface area contributed by atoms with E-state index in [0.29, 0.717) is 6.04 Å². The van der Waals surface area contributed by atoms with E-state index in [0.717, 1.165) is 12.0 Å². The van der Waals surface area contributed by atoms with Gasteiger partial charge in [-0.15, -0.1) is 11.3 Å². The molecule has 1 aliphatic heterocycles. The van der Waals surface area contributed by atoms with Gasteiger partial charge in [0.2, 0.25) is 0 Å². The van der Waals surface area contributed by atoms with Crippen LogP contribution in [0.25, 0.3) is 0 Å². The molecule has 2 atom stereocenters. The first kappa shape index (κ1) is 14.0. The highest BCUT2D eigenvalue weighted by Crippen LogP contribution is 2.37. The molecule has 2 aliphatic carbocycles. The normalized spacial score (nSPS) is 30.6. The number of hydrogen-bond donors (Lipinski definition) is 1. The van der Waals surface area contributed by atoms with Crippen molar-refractivity contribution in [2.24, 2.45) is 5.92 Å². The molecule has 0 aromatic carbocycles. The van der Waals surface area contributed by atoms with Crippen molar-refractivity contribution in [2.45, 2.75) is 50.6 Å². The van der Waals surface area contributed by atoms with Crippen LogP contribution in [0.2, 0.25) is 0 Å². The molecule has 0 bridgehead atoms. The largest absolute Gasteiger partial charge is 0.310 e. The van der Waals surface area contributed by atoms with Crippen molar-refractivity contribution in [3.05, 3.63) is 19.4 Å². The summed E-state index contributed by atoms with van der Waals surface area (Å²) in [6.45, 7) is 3.92. The summed E-state index contributed by atoms with van der Waals surface area (Å²) in [6.07, 6.45) is 8.32. The molecule has 0 radical (unpaired) electrons. The summed E-state index contributed by atoms with van der Waals surface area (Å²) in [5.41, 5.74) is 1.61. The van der Waals surface area contributed by atoms with Crippen molar-refractivity contribution in [1.82, 2.24) is 10.2 Å². The van der Waals surface area contributed by atoms with Crippen molar-refractivity contribution < 1.29 is 0 Å². The van der Waals surface area contributed by atoms with Gasteiger partial charge < -0.3 is 10.2 Å². The molecule has 2 heterocycles. The number of aryl methyl sites for hydroxylation is 1. The van der Waals surface area contributed by atoms with Crippen LogP contribution in [0.15, 0.2) is 6.07 Å². The van der Waals surface area contributed by atoms with Gasteiger partial charge in [-0.25, -0.2) is 0 Å². The molecular weight excluding hydrogens is 379 g/mol.